The zero-order valence-electron chi connectivity index (χ0n) is 13.9. The molecule has 3 atom stereocenters. The Morgan fingerprint density at radius 1 is 1.18 bits per heavy atom. The lowest BCUT2D eigenvalue weighted by molar-refractivity contribution is 0.432. The first kappa shape index (κ1) is 15.5. The van der Waals surface area contributed by atoms with Gasteiger partial charge in [-0.2, -0.15) is 0 Å². The minimum absolute atomic E-state index is 0.0242. The Hall–Kier alpha value is -1.41. The third-order valence-electron chi connectivity index (χ3n) is 4.78. The molecule has 1 heterocycles. The highest BCUT2D eigenvalue weighted by molar-refractivity contribution is 6.21. The molecule has 1 aliphatic heterocycles. The second kappa shape index (κ2) is 5.06. The van der Waals surface area contributed by atoms with Crippen molar-refractivity contribution in [1.82, 2.24) is 0 Å². The third-order valence-corrected chi connectivity index (χ3v) is 5.05. The van der Waals surface area contributed by atoms with Gasteiger partial charge in [-0.25, -0.2) is 0 Å². The summed E-state index contributed by atoms with van der Waals surface area (Å²) in [5.74, 6) is 0.597. The molecule has 0 spiro atoms. The van der Waals surface area contributed by atoms with Gasteiger partial charge in [-0.15, -0.1) is 11.6 Å². The standard InChI is InChI=1S/C19H24ClNO/c1-11(20)17-12(2)21(19(3,4)5)15-10-16(22)13-8-6-7-9-14(13)18(15)17/h6-12,17,22H,1-5H3/t11-,12+,17-/m1/s1. The molecule has 0 saturated heterocycles. The van der Waals surface area contributed by atoms with Crippen LogP contribution in [-0.4, -0.2) is 22.1 Å². The number of aromatic hydroxyl groups is 1. The Kier molecular flexibility index (Phi) is 3.56. The lowest BCUT2D eigenvalue weighted by Crippen LogP contribution is -2.46. The first-order chi connectivity index (χ1) is 10.2. The maximum Gasteiger partial charge on any atom is 0.125 e. The van der Waals surface area contributed by atoms with Crippen molar-refractivity contribution in [3.8, 4) is 5.75 Å². The Labute approximate surface area is 137 Å². The summed E-state index contributed by atoms with van der Waals surface area (Å²) in [5, 5.41) is 12.5. The molecular formula is C19H24ClNO. The van der Waals surface area contributed by atoms with E-state index >= 15 is 0 Å². The van der Waals surface area contributed by atoms with Crippen molar-refractivity contribution >= 4 is 28.1 Å². The van der Waals surface area contributed by atoms with E-state index in [1.54, 1.807) is 0 Å². The third kappa shape index (κ3) is 2.16. The average Bonchev–Trinajstić information content (AvgIpc) is 2.71. The van der Waals surface area contributed by atoms with Crippen LogP contribution >= 0.6 is 11.6 Å². The number of rotatable bonds is 1. The van der Waals surface area contributed by atoms with E-state index in [9.17, 15) is 5.11 Å². The molecule has 0 fully saturated rings. The van der Waals surface area contributed by atoms with Crippen molar-refractivity contribution in [2.75, 3.05) is 4.90 Å². The summed E-state index contributed by atoms with van der Waals surface area (Å²) in [4.78, 5) is 2.40. The fraction of sp³-hybridized carbons (Fsp3) is 0.474. The lowest BCUT2D eigenvalue weighted by Gasteiger charge is -2.39. The fourth-order valence-electron chi connectivity index (χ4n) is 4.12. The number of alkyl halides is 1. The first-order valence-corrected chi connectivity index (χ1v) is 8.35. The number of phenolic OH excluding ortho intramolecular Hbond substituents is 1. The summed E-state index contributed by atoms with van der Waals surface area (Å²) in [6.45, 7) is 10.9. The van der Waals surface area contributed by atoms with Gasteiger partial charge < -0.3 is 10.0 Å². The van der Waals surface area contributed by atoms with Crippen LogP contribution in [0.15, 0.2) is 30.3 Å². The largest absolute Gasteiger partial charge is 0.507 e. The quantitative estimate of drug-likeness (QED) is 0.725. The van der Waals surface area contributed by atoms with Crippen LogP contribution in [0.4, 0.5) is 5.69 Å². The summed E-state index contributed by atoms with van der Waals surface area (Å²) in [6, 6.07) is 10.3. The number of benzene rings is 2. The Bertz CT molecular complexity index is 717. The highest BCUT2D eigenvalue weighted by Gasteiger charge is 2.43. The van der Waals surface area contributed by atoms with Crippen LogP contribution in [-0.2, 0) is 0 Å². The molecule has 0 unspecified atom stereocenters. The minimum Gasteiger partial charge on any atom is -0.507 e. The number of hydrogen-bond acceptors (Lipinski definition) is 2. The molecule has 1 N–H and O–H groups in total. The van der Waals surface area contributed by atoms with E-state index in [0.29, 0.717) is 11.8 Å². The maximum absolute atomic E-state index is 10.5. The number of anilines is 1. The average molecular weight is 318 g/mol. The number of halogens is 1. The second-order valence-electron chi connectivity index (χ2n) is 7.36. The molecule has 2 nitrogen and oxygen atoms in total. The van der Waals surface area contributed by atoms with Crippen LogP contribution in [0.3, 0.4) is 0 Å². The summed E-state index contributed by atoms with van der Waals surface area (Å²) >= 11 is 6.57. The van der Waals surface area contributed by atoms with Gasteiger partial charge in [0, 0.05) is 40.0 Å². The van der Waals surface area contributed by atoms with Crippen molar-refractivity contribution in [2.45, 2.75) is 57.5 Å². The topological polar surface area (TPSA) is 23.5 Å². The Morgan fingerprint density at radius 3 is 2.32 bits per heavy atom. The van der Waals surface area contributed by atoms with Crippen LogP contribution in [0.25, 0.3) is 10.8 Å². The molecule has 0 radical (unpaired) electrons. The molecule has 0 bridgehead atoms. The van der Waals surface area contributed by atoms with Gasteiger partial charge in [-0.05, 0) is 45.6 Å². The van der Waals surface area contributed by atoms with Gasteiger partial charge in [-0.3, -0.25) is 0 Å². The summed E-state index contributed by atoms with van der Waals surface area (Å²) < 4.78 is 0. The van der Waals surface area contributed by atoms with Crippen LogP contribution in [0.2, 0.25) is 0 Å². The summed E-state index contributed by atoms with van der Waals surface area (Å²) in [6.07, 6.45) is 0. The van der Waals surface area contributed by atoms with E-state index in [0.717, 1.165) is 16.5 Å². The zero-order chi connectivity index (χ0) is 16.2. The van der Waals surface area contributed by atoms with Crippen molar-refractivity contribution < 1.29 is 5.11 Å². The fourth-order valence-corrected chi connectivity index (χ4v) is 4.46. The smallest absolute Gasteiger partial charge is 0.125 e. The molecule has 0 aliphatic carbocycles. The van der Waals surface area contributed by atoms with Gasteiger partial charge in [-0.1, -0.05) is 24.3 Å². The predicted octanol–water partition coefficient (Wildman–Crippen LogP) is 5.26. The van der Waals surface area contributed by atoms with Crippen LogP contribution in [0.5, 0.6) is 5.75 Å². The normalized spacial score (nSPS) is 22.9. The highest BCUT2D eigenvalue weighted by atomic mass is 35.5. The summed E-state index contributed by atoms with van der Waals surface area (Å²) in [5.41, 5.74) is 2.37. The molecular weight excluding hydrogens is 294 g/mol. The van der Waals surface area contributed by atoms with E-state index < -0.39 is 0 Å². The van der Waals surface area contributed by atoms with Crippen molar-refractivity contribution in [3.63, 3.8) is 0 Å². The Balaban J connectivity index is 2.37. The summed E-state index contributed by atoms with van der Waals surface area (Å²) in [7, 11) is 0. The van der Waals surface area contributed by atoms with Gasteiger partial charge >= 0.3 is 0 Å². The van der Waals surface area contributed by atoms with Gasteiger partial charge in [0.05, 0.1) is 0 Å². The van der Waals surface area contributed by atoms with E-state index in [4.69, 9.17) is 11.6 Å². The predicted molar refractivity (Wildman–Crippen MR) is 95.4 cm³/mol. The number of fused-ring (bicyclic) bond motifs is 3. The molecule has 0 amide bonds. The van der Waals surface area contributed by atoms with Crippen molar-refractivity contribution in [3.05, 3.63) is 35.9 Å². The molecule has 2 aromatic rings. The molecule has 3 rings (SSSR count). The SMILES string of the molecule is C[C@@H](Cl)[C@H]1c2c(cc(O)c3ccccc23)N(C(C)(C)C)[C@H]1C. The van der Waals surface area contributed by atoms with Gasteiger partial charge in [0.15, 0.2) is 0 Å². The zero-order valence-corrected chi connectivity index (χ0v) is 14.6. The molecule has 2 aromatic carbocycles. The highest BCUT2D eigenvalue weighted by Crippen LogP contribution is 2.51. The molecule has 3 heteroatoms. The number of hydrogen-bond donors (Lipinski definition) is 1. The molecule has 0 aromatic heterocycles. The van der Waals surface area contributed by atoms with Gasteiger partial charge in [0.1, 0.15) is 5.75 Å². The molecule has 1 aliphatic rings. The monoisotopic (exact) mass is 317 g/mol. The second-order valence-corrected chi connectivity index (χ2v) is 8.05. The van der Waals surface area contributed by atoms with Crippen LogP contribution in [0, 0.1) is 0 Å². The molecule has 22 heavy (non-hydrogen) atoms. The van der Waals surface area contributed by atoms with E-state index in [-0.39, 0.29) is 16.8 Å². The number of phenols is 1. The Morgan fingerprint density at radius 2 is 1.77 bits per heavy atom. The van der Waals surface area contributed by atoms with Crippen molar-refractivity contribution in [2.24, 2.45) is 0 Å². The first-order valence-electron chi connectivity index (χ1n) is 7.91. The molecule has 118 valence electrons. The van der Waals surface area contributed by atoms with Crippen LogP contribution < -0.4 is 4.90 Å². The van der Waals surface area contributed by atoms with E-state index in [2.05, 4.69) is 45.6 Å². The van der Waals surface area contributed by atoms with E-state index in [1.807, 2.05) is 24.3 Å². The maximum atomic E-state index is 10.5. The number of nitrogens with zero attached hydrogens (tertiary/aromatic N) is 1. The van der Waals surface area contributed by atoms with Crippen LogP contribution in [0.1, 0.15) is 46.1 Å². The minimum atomic E-state index is -0.0242. The van der Waals surface area contributed by atoms with Gasteiger partial charge in [0.2, 0.25) is 0 Å². The lowest BCUT2D eigenvalue weighted by atomic mass is 9.89. The van der Waals surface area contributed by atoms with E-state index in [1.165, 1.54) is 5.56 Å². The van der Waals surface area contributed by atoms with Gasteiger partial charge in [0.25, 0.3) is 0 Å². The molecule has 0 saturated carbocycles. The van der Waals surface area contributed by atoms with Crippen molar-refractivity contribution in [1.29, 1.82) is 0 Å².